The van der Waals surface area contributed by atoms with E-state index >= 15 is 4.79 Å². The lowest BCUT2D eigenvalue weighted by Gasteiger charge is -2.57. The molecule has 6 aliphatic carbocycles. The molecule has 6 heteroatoms. The number of aliphatic hydroxyl groups is 1. The maximum Gasteiger partial charge on any atom is 0.309 e. The van der Waals surface area contributed by atoms with Crippen LogP contribution in [0.1, 0.15) is 120 Å². The lowest BCUT2D eigenvalue weighted by atomic mass is 9.46. The van der Waals surface area contributed by atoms with Gasteiger partial charge in [0.2, 0.25) is 5.78 Å². The topological polar surface area (TPSA) is 109 Å². The molecule has 5 fully saturated rings. The van der Waals surface area contributed by atoms with Gasteiger partial charge in [0.25, 0.3) is 0 Å². The van der Waals surface area contributed by atoms with Crippen molar-refractivity contribution in [3.05, 3.63) is 35.1 Å². The highest BCUT2D eigenvalue weighted by molar-refractivity contribution is 6.22. The Kier molecular flexibility index (Phi) is 7.44. The van der Waals surface area contributed by atoms with Crippen LogP contribution in [0.3, 0.4) is 0 Å². The number of carbonyl (C=O) groups excluding carboxylic acids is 3. The summed E-state index contributed by atoms with van der Waals surface area (Å²) in [5.74, 6) is -2.89. The molecule has 6 rings (SSSR count). The van der Waals surface area contributed by atoms with Gasteiger partial charge in [-0.1, -0.05) is 78.2 Å². The third-order valence-corrected chi connectivity index (χ3v) is 15.5. The Balaban J connectivity index is 1.49. The number of hydrogen-bond acceptors (Lipinski definition) is 5. The van der Waals surface area contributed by atoms with Crippen LogP contribution in [0.2, 0.25) is 0 Å². The molecule has 2 bridgehead atoms. The number of aliphatic carboxylic acids is 1. The second-order valence-electron chi connectivity index (χ2n) is 18.1. The number of ketones is 2. The van der Waals surface area contributed by atoms with Crippen molar-refractivity contribution in [2.75, 3.05) is 0 Å². The Hall–Kier alpha value is -2.50. The van der Waals surface area contributed by atoms with Crippen molar-refractivity contribution in [3.63, 3.8) is 0 Å². The Labute approximate surface area is 275 Å². The second kappa shape index (κ2) is 10.3. The van der Waals surface area contributed by atoms with E-state index in [1.165, 1.54) is 0 Å². The van der Waals surface area contributed by atoms with Crippen molar-refractivity contribution >= 4 is 23.8 Å². The number of rotatable bonds is 6. The largest absolute Gasteiger partial charge is 0.504 e. The summed E-state index contributed by atoms with van der Waals surface area (Å²) in [6.45, 7) is 21.0. The van der Waals surface area contributed by atoms with Gasteiger partial charge in [-0.05, 0) is 117 Å². The van der Waals surface area contributed by atoms with Gasteiger partial charge in [0, 0.05) is 5.92 Å². The average molecular weight is 633 g/mol. The summed E-state index contributed by atoms with van der Waals surface area (Å²) in [5, 5.41) is 22.3. The number of fused-ring (bicyclic) bond motifs is 4. The van der Waals surface area contributed by atoms with E-state index < -0.39 is 39.3 Å². The Morgan fingerprint density at radius 2 is 1.70 bits per heavy atom. The van der Waals surface area contributed by atoms with Gasteiger partial charge in [-0.15, -0.1) is 0 Å². The first-order valence-electron chi connectivity index (χ1n) is 17.9. The van der Waals surface area contributed by atoms with E-state index in [2.05, 4.69) is 47.3 Å². The molecule has 0 radical (unpaired) electrons. The highest BCUT2D eigenvalue weighted by atomic mass is 16.4. The number of carboxylic acid groups (broad SMARTS) is 1. The summed E-state index contributed by atoms with van der Waals surface area (Å²) >= 11 is 0. The molecule has 0 aromatic carbocycles. The van der Waals surface area contributed by atoms with Gasteiger partial charge in [-0.25, -0.2) is 0 Å². The van der Waals surface area contributed by atoms with Crippen LogP contribution in [0.5, 0.6) is 0 Å². The molecule has 5 saturated carbocycles. The summed E-state index contributed by atoms with van der Waals surface area (Å²) in [6, 6.07) is 0. The maximum absolute atomic E-state index is 15.2. The molecule has 46 heavy (non-hydrogen) atoms. The molecule has 0 aromatic rings. The monoisotopic (exact) mass is 632 g/mol. The molecule has 6 aliphatic rings. The number of Topliss-reactive ketones (excluding diaryl/α,β-unsaturated/α-hetero) is 2. The molecule has 2 N–H and O–H groups in total. The van der Waals surface area contributed by atoms with Crippen LogP contribution in [0, 0.1) is 68.0 Å². The van der Waals surface area contributed by atoms with Crippen molar-refractivity contribution in [1.82, 2.24) is 0 Å². The van der Waals surface area contributed by atoms with Gasteiger partial charge in [-0.3, -0.25) is 14.4 Å². The van der Waals surface area contributed by atoms with Crippen LogP contribution >= 0.6 is 0 Å². The highest BCUT2D eigenvalue weighted by Gasteiger charge is 2.81. The third-order valence-electron chi connectivity index (χ3n) is 15.5. The van der Waals surface area contributed by atoms with Gasteiger partial charge < -0.3 is 15.0 Å². The smallest absolute Gasteiger partial charge is 0.309 e. The van der Waals surface area contributed by atoms with E-state index in [4.69, 9.17) is 0 Å². The number of aldehydes is 1. The van der Waals surface area contributed by atoms with E-state index in [-0.39, 0.29) is 52.0 Å². The van der Waals surface area contributed by atoms with E-state index in [9.17, 15) is 24.6 Å². The molecule has 0 saturated heterocycles. The predicted octanol–water partition coefficient (Wildman–Crippen LogP) is 8.46. The van der Waals surface area contributed by atoms with E-state index in [0.717, 1.165) is 62.4 Å². The summed E-state index contributed by atoms with van der Waals surface area (Å²) < 4.78 is 0. The van der Waals surface area contributed by atoms with Gasteiger partial charge in [0.1, 0.15) is 6.29 Å². The summed E-state index contributed by atoms with van der Waals surface area (Å²) in [7, 11) is 0. The first-order chi connectivity index (χ1) is 21.3. The van der Waals surface area contributed by atoms with Gasteiger partial charge >= 0.3 is 5.97 Å². The van der Waals surface area contributed by atoms with Crippen LogP contribution in [0.25, 0.3) is 0 Å². The number of carbonyl (C=O) groups is 4. The molecule has 0 heterocycles. The van der Waals surface area contributed by atoms with Gasteiger partial charge in [0.05, 0.1) is 16.2 Å². The highest BCUT2D eigenvalue weighted by Crippen LogP contribution is 2.79. The lowest BCUT2D eigenvalue weighted by molar-refractivity contribution is -0.164. The zero-order chi connectivity index (χ0) is 34.0. The summed E-state index contributed by atoms with van der Waals surface area (Å²) in [6.07, 6.45) is 10.9. The molecular weight excluding hydrogens is 576 g/mol. The molecule has 252 valence electrons. The van der Waals surface area contributed by atoms with E-state index in [0.29, 0.717) is 24.8 Å². The van der Waals surface area contributed by atoms with E-state index in [1.807, 2.05) is 20.8 Å². The number of aliphatic hydroxyl groups excluding tert-OH is 1. The second-order valence-corrected chi connectivity index (χ2v) is 18.1. The minimum atomic E-state index is -1.36. The molecule has 0 amide bonds. The summed E-state index contributed by atoms with van der Waals surface area (Å²) in [4.78, 5) is 55.5. The Morgan fingerprint density at radius 1 is 1.04 bits per heavy atom. The predicted molar refractivity (Wildman–Crippen MR) is 178 cm³/mol. The van der Waals surface area contributed by atoms with Crippen molar-refractivity contribution in [1.29, 1.82) is 0 Å². The molecule has 6 nitrogen and oxygen atoms in total. The van der Waals surface area contributed by atoms with Crippen LogP contribution in [-0.2, 0) is 19.2 Å². The quantitative estimate of drug-likeness (QED) is 0.173. The van der Waals surface area contributed by atoms with Crippen LogP contribution in [0.4, 0.5) is 0 Å². The Morgan fingerprint density at radius 3 is 2.30 bits per heavy atom. The molecule has 1 spiro atoms. The standard InChI is InChI=1S/C40H56O6/c1-22(2)39-20-26(24(4)12-14-25-23(3)13-15-28-36(25,7)17-11-18-37(28,8)34(45)46)40(33(39)44)27(21-41)30-35(5,6)16-10-19-38(30,9)31(40)29(42)32(39)43/h12,21-22,25-28,30,42H,3,10-11,13-20H2,1-2,4-9H3,(H,45,46)/b24-12+/t25-,26+,27+,28+,30-,36+,37+,38-,39+,40-/m0/s1. The minimum Gasteiger partial charge on any atom is -0.504 e. The molecule has 0 aliphatic heterocycles. The number of allylic oxidation sites excluding steroid dienone is 5. The normalized spacial score (nSPS) is 46.7. The summed E-state index contributed by atoms with van der Waals surface area (Å²) in [5.41, 5.74) is -1.73. The number of carboxylic acids is 1. The van der Waals surface area contributed by atoms with Crippen molar-refractivity contribution in [2.24, 2.45) is 68.0 Å². The average Bonchev–Trinajstić information content (AvgIpc) is 3.34. The zero-order valence-corrected chi connectivity index (χ0v) is 29.4. The minimum absolute atomic E-state index is 0.0502. The van der Waals surface area contributed by atoms with Crippen molar-refractivity contribution < 1.29 is 29.4 Å². The van der Waals surface area contributed by atoms with Crippen LogP contribution in [0.15, 0.2) is 35.1 Å². The van der Waals surface area contributed by atoms with Crippen LogP contribution in [-0.4, -0.2) is 34.0 Å². The zero-order valence-electron chi connectivity index (χ0n) is 29.4. The fraction of sp³-hybridized carbons (Fsp3) is 0.750. The SMILES string of the molecule is C=C1CC[C@@H]2[C@](C)(CCC[C@@]2(C)C(=O)O)[C@H]1C/C=C(\C)[C@H]1C[C@@]2(C(C)C)C(=O)C(O)=C3[C@@]1(C2=O)[C@H](C=O)[C@H]1C(C)(C)CCC[C@]31C. The third kappa shape index (κ3) is 3.76. The molecule has 0 aromatic heterocycles. The molecular formula is C40H56O6. The first-order valence-corrected chi connectivity index (χ1v) is 17.9. The molecule has 10 atom stereocenters. The van der Waals surface area contributed by atoms with Gasteiger partial charge in [0.15, 0.2) is 11.5 Å². The fourth-order valence-electron chi connectivity index (χ4n) is 13.5. The maximum atomic E-state index is 15.2. The van der Waals surface area contributed by atoms with E-state index in [1.54, 1.807) is 0 Å². The van der Waals surface area contributed by atoms with Crippen LogP contribution < -0.4 is 0 Å². The molecule has 0 unspecified atom stereocenters. The lowest BCUT2D eigenvalue weighted by Crippen LogP contribution is -2.53. The van der Waals surface area contributed by atoms with Gasteiger partial charge in [-0.2, -0.15) is 0 Å². The fourth-order valence-corrected chi connectivity index (χ4v) is 13.5. The van der Waals surface area contributed by atoms with Crippen molar-refractivity contribution in [3.8, 4) is 0 Å². The van der Waals surface area contributed by atoms with Crippen molar-refractivity contribution in [2.45, 2.75) is 120 Å². The Bertz CT molecular complexity index is 1480. The first kappa shape index (κ1) is 33.4. The number of hydrogen-bond donors (Lipinski definition) is 2.